The van der Waals surface area contributed by atoms with Crippen LogP contribution < -0.4 is 0 Å². The SMILES string of the molecule is O=C1C=C(O)CS1. The van der Waals surface area contributed by atoms with Crippen molar-refractivity contribution < 1.29 is 9.90 Å². The van der Waals surface area contributed by atoms with Gasteiger partial charge in [-0.1, -0.05) is 11.8 Å². The number of thioether (sulfide) groups is 1. The van der Waals surface area contributed by atoms with E-state index in [1.807, 2.05) is 0 Å². The van der Waals surface area contributed by atoms with Crippen molar-refractivity contribution in [2.45, 2.75) is 0 Å². The lowest BCUT2D eigenvalue weighted by Gasteiger charge is -1.78. The van der Waals surface area contributed by atoms with Crippen LogP contribution in [0.3, 0.4) is 0 Å². The number of carbonyl (C=O) groups is 1. The average molecular weight is 116 g/mol. The second kappa shape index (κ2) is 1.58. The predicted octanol–water partition coefficient (Wildman–Crippen LogP) is 0.702. The van der Waals surface area contributed by atoms with Gasteiger partial charge < -0.3 is 5.11 Å². The number of rotatable bonds is 0. The molecule has 1 rings (SSSR count). The smallest absolute Gasteiger partial charge is 0.215 e. The molecule has 0 radical (unpaired) electrons. The van der Waals surface area contributed by atoms with E-state index in [1.165, 1.54) is 6.08 Å². The molecule has 0 aromatic rings. The van der Waals surface area contributed by atoms with E-state index in [1.54, 1.807) is 0 Å². The molecule has 0 aromatic heterocycles. The maximum Gasteiger partial charge on any atom is 0.215 e. The van der Waals surface area contributed by atoms with Crippen molar-refractivity contribution >= 4 is 16.9 Å². The molecule has 3 heteroatoms. The molecule has 2 nitrogen and oxygen atoms in total. The third kappa shape index (κ3) is 0.962. The van der Waals surface area contributed by atoms with Gasteiger partial charge in [0.05, 0.1) is 5.75 Å². The number of aliphatic hydroxyl groups is 1. The lowest BCUT2D eigenvalue weighted by Crippen LogP contribution is -1.72. The number of carbonyl (C=O) groups excluding carboxylic acids is 1. The van der Waals surface area contributed by atoms with Gasteiger partial charge in [0, 0.05) is 6.08 Å². The molecule has 0 saturated carbocycles. The van der Waals surface area contributed by atoms with Crippen molar-refractivity contribution in [3.05, 3.63) is 11.8 Å². The summed E-state index contributed by atoms with van der Waals surface area (Å²) in [5.74, 6) is 0.647. The molecule has 0 saturated heterocycles. The topological polar surface area (TPSA) is 37.3 Å². The molecule has 0 atom stereocenters. The minimum Gasteiger partial charge on any atom is -0.511 e. The van der Waals surface area contributed by atoms with Gasteiger partial charge >= 0.3 is 0 Å². The third-order valence-corrected chi connectivity index (χ3v) is 1.49. The Morgan fingerprint density at radius 1 is 1.86 bits per heavy atom. The Morgan fingerprint density at radius 3 is 2.71 bits per heavy atom. The first kappa shape index (κ1) is 4.71. The first-order valence-corrected chi connectivity index (χ1v) is 2.84. The molecule has 0 bridgehead atoms. The lowest BCUT2D eigenvalue weighted by atomic mass is 10.5. The third-order valence-electron chi connectivity index (χ3n) is 0.647. The summed E-state index contributed by atoms with van der Waals surface area (Å²) in [6.45, 7) is 0. The summed E-state index contributed by atoms with van der Waals surface area (Å²) in [6.07, 6.45) is 1.24. The first-order valence-electron chi connectivity index (χ1n) is 1.85. The zero-order valence-corrected chi connectivity index (χ0v) is 4.36. The van der Waals surface area contributed by atoms with Crippen molar-refractivity contribution in [1.82, 2.24) is 0 Å². The van der Waals surface area contributed by atoms with Crippen LogP contribution in [0.25, 0.3) is 0 Å². The Balaban J connectivity index is 2.67. The van der Waals surface area contributed by atoms with Gasteiger partial charge in [-0.05, 0) is 0 Å². The van der Waals surface area contributed by atoms with Crippen molar-refractivity contribution in [3.63, 3.8) is 0 Å². The highest BCUT2D eigenvalue weighted by atomic mass is 32.2. The summed E-state index contributed by atoms with van der Waals surface area (Å²) in [7, 11) is 0. The molecule has 0 fully saturated rings. The monoisotopic (exact) mass is 116 g/mol. The molecule has 1 heterocycles. The molecule has 0 amide bonds. The summed E-state index contributed by atoms with van der Waals surface area (Å²) in [5.41, 5.74) is 0. The van der Waals surface area contributed by atoms with Gasteiger partial charge in [0.1, 0.15) is 5.76 Å². The minimum absolute atomic E-state index is 0.0440. The van der Waals surface area contributed by atoms with Gasteiger partial charge in [-0.3, -0.25) is 4.79 Å². The van der Waals surface area contributed by atoms with E-state index in [2.05, 4.69) is 0 Å². The quantitative estimate of drug-likeness (QED) is 0.506. The average Bonchev–Trinajstić information content (AvgIpc) is 1.87. The van der Waals surface area contributed by atoms with Crippen LogP contribution in [0.5, 0.6) is 0 Å². The van der Waals surface area contributed by atoms with Crippen LogP contribution in [0.1, 0.15) is 0 Å². The van der Waals surface area contributed by atoms with Crippen molar-refractivity contribution in [3.8, 4) is 0 Å². The van der Waals surface area contributed by atoms with Crippen LogP contribution >= 0.6 is 11.8 Å². The number of hydrogen-bond acceptors (Lipinski definition) is 3. The van der Waals surface area contributed by atoms with Crippen LogP contribution in [-0.4, -0.2) is 16.0 Å². The molecule has 0 aliphatic carbocycles. The summed E-state index contributed by atoms with van der Waals surface area (Å²) in [5, 5.41) is 8.48. The van der Waals surface area contributed by atoms with E-state index >= 15 is 0 Å². The molecule has 38 valence electrons. The van der Waals surface area contributed by atoms with Crippen LogP contribution in [0, 0.1) is 0 Å². The van der Waals surface area contributed by atoms with E-state index in [9.17, 15) is 4.79 Å². The van der Waals surface area contributed by atoms with Crippen molar-refractivity contribution in [2.75, 3.05) is 5.75 Å². The molecule has 1 N–H and O–H groups in total. The minimum atomic E-state index is -0.0440. The molecule has 0 spiro atoms. The van der Waals surface area contributed by atoms with Gasteiger partial charge in [-0.25, -0.2) is 0 Å². The standard InChI is InChI=1S/C4H4O2S/c5-3-1-4(6)7-2-3/h1,5H,2H2. The summed E-state index contributed by atoms with van der Waals surface area (Å²) in [4.78, 5) is 10.2. The van der Waals surface area contributed by atoms with Crippen molar-refractivity contribution in [1.29, 1.82) is 0 Å². The van der Waals surface area contributed by atoms with E-state index in [0.29, 0.717) is 5.75 Å². The highest BCUT2D eigenvalue weighted by Gasteiger charge is 2.09. The lowest BCUT2D eigenvalue weighted by molar-refractivity contribution is -0.106. The highest BCUT2D eigenvalue weighted by molar-refractivity contribution is 8.14. The van der Waals surface area contributed by atoms with Gasteiger partial charge in [0.25, 0.3) is 0 Å². The Hall–Kier alpha value is -0.440. The summed E-state index contributed by atoms with van der Waals surface area (Å²) in [6, 6.07) is 0. The van der Waals surface area contributed by atoms with E-state index in [-0.39, 0.29) is 10.9 Å². The fourth-order valence-electron chi connectivity index (χ4n) is 0.364. The van der Waals surface area contributed by atoms with E-state index in [4.69, 9.17) is 5.11 Å². The maximum atomic E-state index is 10.2. The normalized spacial score (nSPS) is 20.0. The molecule has 1 aliphatic heterocycles. The van der Waals surface area contributed by atoms with E-state index in [0.717, 1.165) is 11.8 Å². The molecule has 0 unspecified atom stereocenters. The Morgan fingerprint density at radius 2 is 2.57 bits per heavy atom. The zero-order chi connectivity index (χ0) is 5.28. The van der Waals surface area contributed by atoms with Crippen LogP contribution in [0.15, 0.2) is 11.8 Å². The van der Waals surface area contributed by atoms with Gasteiger partial charge in [-0.2, -0.15) is 0 Å². The molecule has 1 aliphatic rings. The summed E-state index contributed by atoms with van der Waals surface area (Å²) < 4.78 is 0. The summed E-state index contributed by atoms with van der Waals surface area (Å²) >= 11 is 1.12. The fraction of sp³-hybridized carbons (Fsp3) is 0.250. The predicted molar refractivity (Wildman–Crippen MR) is 28.2 cm³/mol. The second-order valence-corrected chi connectivity index (χ2v) is 2.22. The largest absolute Gasteiger partial charge is 0.511 e. The molecule has 7 heavy (non-hydrogen) atoms. The molecule has 0 aromatic carbocycles. The van der Waals surface area contributed by atoms with Crippen LogP contribution in [-0.2, 0) is 4.79 Å². The molecular weight excluding hydrogens is 112 g/mol. The van der Waals surface area contributed by atoms with Gasteiger partial charge in [0.2, 0.25) is 5.12 Å². The Bertz CT molecular complexity index is 128. The van der Waals surface area contributed by atoms with Gasteiger partial charge in [0.15, 0.2) is 0 Å². The van der Waals surface area contributed by atoms with E-state index < -0.39 is 0 Å². The molecular formula is C4H4O2S. The van der Waals surface area contributed by atoms with Crippen LogP contribution in [0.4, 0.5) is 0 Å². The number of hydrogen-bond donors (Lipinski definition) is 1. The maximum absolute atomic E-state index is 10.2. The Kier molecular flexibility index (Phi) is 1.06. The first-order chi connectivity index (χ1) is 3.29. The van der Waals surface area contributed by atoms with Crippen LogP contribution in [0.2, 0.25) is 0 Å². The highest BCUT2D eigenvalue weighted by Crippen LogP contribution is 2.15. The number of aliphatic hydroxyl groups excluding tert-OH is 1. The fourth-order valence-corrected chi connectivity index (χ4v) is 0.957. The Labute approximate surface area is 45.2 Å². The van der Waals surface area contributed by atoms with Crippen molar-refractivity contribution in [2.24, 2.45) is 0 Å². The van der Waals surface area contributed by atoms with Gasteiger partial charge in [-0.15, -0.1) is 0 Å². The second-order valence-electron chi connectivity index (χ2n) is 1.24. The zero-order valence-electron chi connectivity index (χ0n) is 3.55.